The molecular weight excluding hydrogens is 288 g/mol. The maximum Gasteiger partial charge on any atom is 0.142 e. The van der Waals surface area contributed by atoms with E-state index in [1.165, 1.54) is 18.2 Å². The van der Waals surface area contributed by atoms with E-state index in [1.54, 1.807) is 6.07 Å². The van der Waals surface area contributed by atoms with E-state index in [0.717, 1.165) is 5.56 Å². The maximum atomic E-state index is 13.1. The van der Waals surface area contributed by atoms with Crippen LogP contribution in [-0.2, 0) is 0 Å². The summed E-state index contributed by atoms with van der Waals surface area (Å²) >= 11 is 11.8. The summed E-state index contributed by atoms with van der Waals surface area (Å²) in [5.41, 5.74) is 6.48. The minimum absolute atomic E-state index is 0.00688. The Labute approximate surface area is 120 Å². The molecular formula is C14H12Cl2FNO. The number of ether oxygens (including phenoxy) is 1. The van der Waals surface area contributed by atoms with Gasteiger partial charge in [-0.2, -0.15) is 0 Å². The summed E-state index contributed by atoms with van der Waals surface area (Å²) in [5.74, 6) is -0.0437. The van der Waals surface area contributed by atoms with Crippen molar-refractivity contribution in [1.29, 1.82) is 0 Å². The van der Waals surface area contributed by atoms with Crippen LogP contribution >= 0.6 is 23.2 Å². The van der Waals surface area contributed by atoms with Gasteiger partial charge in [0.25, 0.3) is 0 Å². The van der Waals surface area contributed by atoms with E-state index in [2.05, 4.69) is 0 Å². The van der Waals surface area contributed by atoms with Crippen molar-refractivity contribution in [3.8, 4) is 5.75 Å². The molecule has 2 aromatic rings. The Balaban J connectivity index is 2.24. The van der Waals surface area contributed by atoms with Crippen LogP contribution in [0.5, 0.6) is 5.75 Å². The van der Waals surface area contributed by atoms with Gasteiger partial charge in [0, 0.05) is 23.2 Å². The minimum Gasteiger partial charge on any atom is -0.484 e. The van der Waals surface area contributed by atoms with Crippen LogP contribution in [0.25, 0.3) is 0 Å². The van der Waals surface area contributed by atoms with Gasteiger partial charge in [-0.15, -0.1) is 0 Å². The Kier molecular flexibility index (Phi) is 4.64. The highest BCUT2D eigenvalue weighted by Crippen LogP contribution is 2.28. The van der Waals surface area contributed by atoms with Gasteiger partial charge < -0.3 is 10.5 Å². The van der Waals surface area contributed by atoms with Gasteiger partial charge in [0.1, 0.15) is 17.7 Å². The van der Waals surface area contributed by atoms with Gasteiger partial charge >= 0.3 is 0 Å². The lowest BCUT2D eigenvalue weighted by Gasteiger charge is -2.19. The lowest BCUT2D eigenvalue weighted by Crippen LogP contribution is -2.18. The number of halogens is 3. The Bertz CT molecular complexity index is 577. The van der Waals surface area contributed by atoms with E-state index >= 15 is 0 Å². The van der Waals surface area contributed by atoms with E-state index in [4.69, 9.17) is 33.7 Å². The monoisotopic (exact) mass is 299 g/mol. The molecule has 2 nitrogen and oxygen atoms in total. The third kappa shape index (κ3) is 3.38. The maximum absolute atomic E-state index is 13.1. The zero-order valence-corrected chi connectivity index (χ0v) is 11.5. The largest absolute Gasteiger partial charge is 0.484 e. The fraction of sp³-hybridized carbons (Fsp3) is 0.143. The number of benzene rings is 2. The number of hydrogen-bond acceptors (Lipinski definition) is 2. The van der Waals surface area contributed by atoms with Crippen LogP contribution in [-0.4, -0.2) is 6.54 Å². The summed E-state index contributed by atoms with van der Waals surface area (Å²) in [6.45, 7) is 0.249. The summed E-state index contributed by atoms with van der Waals surface area (Å²) in [6.07, 6.45) is -0.407. The van der Waals surface area contributed by atoms with Crippen molar-refractivity contribution < 1.29 is 9.13 Å². The molecule has 0 aliphatic rings. The van der Waals surface area contributed by atoms with Gasteiger partial charge in [0.05, 0.1) is 5.02 Å². The van der Waals surface area contributed by atoms with Gasteiger partial charge in [-0.1, -0.05) is 41.4 Å². The molecule has 0 aliphatic heterocycles. The third-order valence-electron chi connectivity index (χ3n) is 2.64. The average Bonchev–Trinajstić information content (AvgIpc) is 2.41. The van der Waals surface area contributed by atoms with Gasteiger partial charge in [-0.25, -0.2) is 4.39 Å². The number of nitrogens with two attached hydrogens (primary N) is 1. The second-order valence-corrected chi connectivity index (χ2v) is 4.75. The predicted molar refractivity (Wildman–Crippen MR) is 75.3 cm³/mol. The molecule has 0 saturated heterocycles. The predicted octanol–water partition coefficient (Wildman–Crippen LogP) is 4.21. The molecule has 19 heavy (non-hydrogen) atoms. The molecule has 5 heteroatoms. The lowest BCUT2D eigenvalue weighted by atomic mass is 10.1. The first-order valence-corrected chi connectivity index (χ1v) is 6.43. The van der Waals surface area contributed by atoms with Crippen molar-refractivity contribution in [2.75, 3.05) is 6.54 Å². The SMILES string of the molecule is NCC(Oc1ccc(F)c(Cl)c1)c1ccccc1Cl. The summed E-state index contributed by atoms with van der Waals surface area (Å²) in [5, 5.41) is 0.582. The Morgan fingerprint density at radius 3 is 2.47 bits per heavy atom. The van der Waals surface area contributed by atoms with Gasteiger partial charge in [-0.05, 0) is 18.2 Å². The first-order chi connectivity index (χ1) is 9.11. The molecule has 0 saturated carbocycles. The molecule has 0 spiro atoms. The van der Waals surface area contributed by atoms with Crippen LogP contribution in [0.3, 0.4) is 0 Å². The zero-order chi connectivity index (χ0) is 13.8. The van der Waals surface area contributed by atoms with Crippen molar-refractivity contribution >= 4 is 23.2 Å². The van der Waals surface area contributed by atoms with Crippen molar-refractivity contribution in [3.05, 3.63) is 63.9 Å². The number of hydrogen-bond donors (Lipinski definition) is 1. The van der Waals surface area contributed by atoms with Gasteiger partial charge in [0.2, 0.25) is 0 Å². The van der Waals surface area contributed by atoms with Crippen molar-refractivity contribution in [3.63, 3.8) is 0 Å². The van der Waals surface area contributed by atoms with Crippen LogP contribution in [0.4, 0.5) is 4.39 Å². The Hall–Kier alpha value is -1.29. The minimum atomic E-state index is -0.490. The highest BCUT2D eigenvalue weighted by molar-refractivity contribution is 6.31. The van der Waals surface area contributed by atoms with Crippen molar-refractivity contribution in [2.45, 2.75) is 6.10 Å². The molecule has 0 aliphatic carbocycles. The second kappa shape index (κ2) is 6.24. The normalized spacial score (nSPS) is 12.2. The Morgan fingerprint density at radius 1 is 1.11 bits per heavy atom. The van der Waals surface area contributed by atoms with Crippen LogP contribution in [0.15, 0.2) is 42.5 Å². The van der Waals surface area contributed by atoms with Crippen LogP contribution in [0.2, 0.25) is 10.0 Å². The van der Waals surface area contributed by atoms with E-state index in [0.29, 0.717) is 10.8 Å². The van der Waals surface area contributed by atoms with Crippen LogP contribution < -0.4 is 10.5 Å². The van der Waals surface area contributed by atoms with Crippen molar-refractivity contribution in [2.24, 2.45) is 5.73 Å². The molecule has 1 atom stereocenters. The van der Waals surface area contributed by atoms with E-state index in [9.17, 15) is 4.39 Å². The molecule has 0 fully saturated rings. The molecule has 0 aromatic heterocycles. The Morgan fingerprint density at radius 2 is 1.84 bits per heavy atom. The molecule has 0 heterocycles. The van der Waals surface area contributed by atoms with Crippen molar-refractivity contribution in [1.82, 2.24) is 0 Å². The molecule has 0 amide bonds. The summed E-state index contributed by atoms with van der Waals surface area (Å²) in [7, 11) is 0. The fourth-order valence-electron chi connectivity index (χ4n) is 1.69. The molecule has 2 aromatic carbocycles. The molecule has 100 valence electrons. The van der Waals surface area contributed by atoms with Crippen LogP contribution in [0.1, 0.15) is 11.7 Å². The van der Waals surface area contributed by atoms with Crippen LogP contribution in [0, 0.1) is 5.82 Å². The van der Waals surface area contributed by atoms with E-state index in [-0.39, 0.29) is 11.6 Å². The highest BCUT2D eigenvalue weighted by atomic mass is 35.5. The summed E-state index contributed by atoms with van der Waals surface area (Å²) in [6, 6.07) is 11.4. The lowest BCUT2D eigenvalue weighted by molar-refractivity contribution is 0.214. The first kappa shape index (κ1) is 14.1. The molecule has 2 N–H and O–H groups in total. The smallest absolute Gasteiger partial charge is 0.142 e. The summed E-state index contributed by atoms with van der Waals surface area (Å²) < 4.78 is 18.8. The fourth-order valence-corrected chi connectivity index (χ4v) is 2.12. The molecule has 1 unspecified atom stereocenters. The summed E-state index contributed by atoms with van der Waals surface area (Å²) in [4.78, 5) is 0. The standard InChI is InChI=1S/C14H12Cl2FNO/c15-11-4-2-1-3-10(11)14(8-18)19-9-5-6-13(17)12(16)7-9/h1-7,14H,8,18H2. The van der Waals surface area contributed by atoms with E-state index in [1.807, 2.05) is 18.2 Å². The highest BCUT2D eigenvalue weighted by Gasteiger charge is 2.15. The van der Waals surface area contributed by atoms with E-state index < -0.39 is 11.9 Å². The number of rotatable bonds is 4. The topological polar surface area (TPSA) is 35.2 Å². The zero-order valence-electron chi connectivity index (χ0n) is 9.95. The van der Waals surface area contributed by atoms with Gasteiger partial charge in [-0.3, -0.25) is 0 Å². The average molecular weight is 300 g/mol. The van der Waals surface area contributed by atoms with Gasteiger partial charge in [0.15, 0.2) is 0 Å². The molecule has 2 rings (SSSR count). The second-order valence-electron chi connectivity index (χ2n) is 3.94. The quantitative estimate of drug-likeness (QED) is 0.918. The first-order valence-electron chi connectivity index (χ1n) is 5.68. The third-order valence-corrected chi connectivity index (χ3v) is 3.27. The molecule has 0 radical (unpaired) electrons. The molecule has 0 bridgehead atoms.